The van der Waals surface area contributed by atoms with E-state index in [1.165, 1.54) is 6.07 Å². The number of hydrogen-bond donors (Lipinski definition) is 2. The maximum atomic E-state index is 13.8. The summed E-state index contributed by atoms with van der Waals surface area (Å²) in [6.45, 7) is 0.854. The maximum absolute atomic E-state index is 13.8. The zero-order valence-electron chi connectivity index (χ0n) is 16.1. The van der Waals surface area contributed by atoms with Crippen LogP contribution in [0, 0.1) is 5.82 Å². The molecule has 2 aromatic heterocycles. The smallest absolute Gasteiger partial charge is 0.177 e. The Balaban J connectivity index is 1.37. The minimum absolute atomic E-state index is 0.262. The lowest BCUT2D eigenvalue weighted by Crippen LogP contribution is -2.20. The van der Waals surface area contributed by atoms with E-state index in [9.17, 15) is 4.39 Å². The van der Waals surface area contributed by atoms with Gasteiger partial charge in [-0.25, -0.2) is 4.39 Å². The van der Waals surface area contributed by atoms with Gasteiger partial charge in [0.05, 0.1) is 17.6 Å². The van der Waals surface area contributed by atoms with Gasteiger partial charge in [-0.05, 0) is 45.8 Å². The van der Waals surface area contributed by atoms with E-state index < -0.39 is 0 Å². The van der Waals surface area contributed by atoms with E-state index in [4.69, 9.17) is 23.8 Å². The van der Waals surface area contributed by atoms with Crippen molar-refractivity contribution in [3.8, 4) is 0 Å². The number of halogens is 3. The molecular formula is C21H17BrClFN6S. The van der Waals surface area contributed by atoms with Gasteiger partial charge in [-0.3, -0.25) is 9.36 Å². The van der Waals surface area contributed by atoms with Crippen LogP contribution < -0.4 is 10.6 Å². The second-order valence-electron chi connectivity index (χ2n) is 6.68. The van der Waals surface area contributed by atoms with Crippen molar-refractivity contribution in [3.63, 3.8) is 0 Å². The number of anilines is 2. The largest absolute Gasteiger partial charge is 0.316 e. The van der Waals surface area contributed by atoms with Crippen molar-refractivity contribution in [2.24, 2.45) is 0 Å². The molecule has 2 N–H and O–H groups in total. The van der Waals surface area contributed by atoms with E-state index in [2.05, 4.69) is 36.8 Å². The molecule has 0 radical (unpaired) electrons. The Kier molecular flexibility index (Phi) is 6.64. The van der Waals surface area contributed by atoms with Gasteiger partial charge in [0, 0.05) is 29.0 Å². The van der Waals surface area contributed by atoms with Gasteiger partial charge < -0.3 is 10.6 Å². The number of aromatic nitrogens is 4. The van der Waals surface area contributed by atoms with Crippen LogP contribution >= 0.6 is 39.7 Å². The van der Waals surface area contributed by atoms with Crippen LogP contribution in [0.5, 0.6) is 0 Å². The average molecular weight is 520 g/mol. The molecule has 0 fully saturated rings. The highest BCUT2D eigenvalue weighted by Crippen LogP contribution is 2.23. The van der Waals surface area contributed by atoms with Gasteiger partial charge in [-0.2, -0.15) is 10.2 Å². The molecule has 10 heteroatoms. The Bertz CT molecular complexity index is 1220. The molecule has 0 saturated carbocycles. The van der Waals surface area contributed by atoms with E-state index in [1.54, 1.807) is 39.8 Å². The number of rotatable bonds is 6. The van der Waals surface area contributed by atoms with Crippen molar-refractivity contribution in [1.29, 1.82) is 0 Å². The summed E-state index contributed by atoms with van der Waals surface area (Å²) in [5, 5.41) is 16.0. The van der Waals surface area contributed by atoms with E-state index in [1.807, 2.05) is 30.5 Å². The molecule has 2 aromatic carbocycles. The third kappa shape index (κ3) is 5.49. The van der Waals surface area contributed by atoms with E-state index >= 15 is 0 Å². The van der Waals surface area contributed by atoms with Crippen molar-refractivity contribution in [2.75, 3.05) is 10.6 Å². The van der Waals surface area contributed by atoms with Crippen LogP contribution in [0.1, 0.15) is 11.1 Å². The van der Waals surface area contributed by atoms with Crippen molar-refractivity contribution in [1.82, 2.24) is 19.6 Å². The summed E-state index contributed by atoms with van der Waals surface area (Å²) >= 11 is 15.1. The zero-order valence-corrected chi connectivity index (χ0v) is 19.3. The second kappa shape index (κ2) is 9.59. The molecule has 6 nitrogen and oxygen atoms in total. The van der Waals surface area contributed by atoms with Crippen molar-refractivity contribution in [2.45, 2.75) is 13.1 Å². The first-order chi connectivity index (χ1) is 15.0. The fourth-order valence-electron chi connectivity index (χ4n) is 2.94. The summed E-state index contributed by atoms with van der Waals surface area (Å²) < 4.78 is 18.0. The molecule has 0 aliphatic heterocycles. The summed E-state index contributed by atoms with van der Waals surface area (Å²) in [6.07, 6.45) is 3.60. The van der Waals surface area contributed by atoms with Gasteiger partial charge in [-0.15, -0.1) is 0 Å². The normalized spacial score (nSPS) is 10.8. The number of nitrogens with zero attached hydrogens (tertiary/aromatic N) is 4. The molecule has 0 atom stereocenters. The first-order valence-electron chi connectivity index (χ1n) is 9.29. The quantitative estimate of drug-likeness (QED) is 0.328. The van der Waals surface area contributed by atoms with Crippen LogP contribution in [0.25, 0.3) is 0 Å². The predicted octanol–water partition coefficient (Wildman–Crippen LogP) is 5.54. The maximum Gasteiger partial charge on any atom is 0.177 e. The molecule has 0 spiro atoms. The summed E-state index contributed by atoms with van der Waals surface area (Å²) in [6, 6.07) is 16.0. The lowest BCUT2D eigenvalue weighted by atomic mass is 10.2. The number of hydrogen-bond acceptors (Lipinski definition) is 3. The lowest BCUT2D eigenvalue weighted by Gasteiger charge is -2.07. The standard InChI is InChI=1S/C21H17BrClFN6S/c22-16-13-30(11-14-5-1-3-7-17(14)23)28-20(16)26-21(31)25-19-9-10-29(27-19)12-15-6-2-4-8-18(15)24/h1-10,13H,11-12H2,(H2,25,26,27,28,31). The highest BCUT2D eigenvalue weighted by atomic mass is 79.9. The molecule has 2 heterocycles. The fraction of sp³-hybridized carbons (Fsp3) is 0.0952. The predicted molar refractivity (Wildman–Crippen MR) is 128 cm³/mol. The SMILES string of the molecule is Fc1ccccc1Cn1ccc(NC(=S)Nc2nn(Cc3ccccc3Cl)cc2Br)n1. The molecule has 0 aliphatic carbocycles. The zero-order chi connectivity index (χ0) is 21.8. The molecule has 158 valence electrons. The molecule has 0 saturated heterocycles. The third-order valence-electron chi connectivity index (χ3n) is 4.41. The molecule has 0 amide bonds. The average Bonchev–Trinajstić information content (AvgIpc) is 3.31. The third-order valence-corrected chi connectivity index (χ3v) is 5.56. The molecule has 4 rings (SSSR count). The van der Waals surface area contributed by atoms with E-state index in [0.717, 1.165) is 10.0 Å². The van der Waals surface area contributed by atoms with E-state index in [0.29, 0.717) is 40.4 Å². The lowest BCUT2D eigenvalue weighted by molar-refractivity contribution is 0.586. The topological polar surface area (TPSA) is 59.7 Å². The van der Waals surface area contributed by atoms with Gasteiger partial charge in [0.2, 0.25) is 0 Å². The molecule has 4 aromatic rings. The van der Waals surface area contributed by atoms with Crippen LogP contribution in [-0.2, 0) is 13.1 Å². The van der Waals surface area contributed by atoms with Gasteiger partial charge in [0.1, 0.15) is 5.82 Å². The molecule has 0 bridgehead atoms. The molecule has 31 heavy (non-hydrogen) atoms. The van der Waals surface area contributed by atoms with Gasteiger partial charge in [-0.1, -0.05) is 48.0 Å². The Morgan fingerprint density at radius 2 is 1.68 bits per heavy atom. The molecule has 0 aliphatic rings. The first kappa shape index (κ1) is 21.5. The first-order valence-corrected chi connectivity index (χ1v) is 10.9. The molecular weight excluding hydrogens is 503 g/mol. The highest BCUT2D eigenvalue weighted by Gasteiger charge is 2.11. The van der Waals surface area contributed by atoms with E-state index in [-0.39, 0.29) is 5.82 Å². The van der Waals surface area contributed by atoms with Crippen LogP contribution in [0.15, 0.2) is 71.5 Å². The number of thiocarbonyl (C=S) groups is 1. The van der Waals surface area contributed by atoms with Crippen molar-refractivity contribution < 1.29 is 4.39 Å². The van der Waals surface area contributed by atoms with Crippen LogP contribution in [-0.4, -0.2) is 24.7 Å². The number of nitrogens with one attached hydrogen (secondary N) is 2. The van der Waals surface area contributed by atoms with Gasteiger partial charge in [0.15, 0.2) is 16.7 Å². The Morgan fingerprint density at radius 3 is 2.45 bits per heavy atom. The Morgan fingerprint density at radius 1 is 0.968 bits per heavy atom. The van der Waals surface area contributed by atoms with Crippen molar-refractivity contribution in [3.05, 3.63) is 93.4 Å². The summed E-state index contributed by atoms with van der Waals surface area (Å²) in [5.74, 6) is 0.845. The van der Waals surface area contributed by atoms with Crippen LogP contribution in [0.2, 0.25) is 5.02 Å². The summed E-state index contributed by atoms with van der Waals surface area (Å²) in [7, 11) is 0. The summed E-state index contributed by atoms with van der Waals surface area (Å²) in [5.41, 5.74) is 1.53. The minimum Gasteiger partial charge on any atom is -0.316 e. The van der Waals surface area contributed by atoms with Gasteiger partial charge in [0.25, 0.3) is 0 Å². The molecule has 0 unspecified atom stereocenters. The van der Waals surface area contributed by atoms with Crippen LogP contribution in [0.4, 0.5) is 16.0 Å². The van der Waals surface area contributed by atoms with Crippen LogP contribution in [0.3, 0.4) is 0 Å². The van der Waals surface area contributed by atoms with Gasteiger partial charge >= 0.3 is 0 Å². The second-order valence-corrected chi connectivity index (χ2v) is 8.35. The highest BCUT2D eigenvalue weighted by molar-refractivity contribution is 9.10. The Hall–Kier alpha value is -2.75. The fourth-order valence-corrected chi connectivity index (χ4v) is 3.75. The number of benzene rings is 2. The summed E-state index contributed by atoms with van der Waals surface area (Å²) in [4.78, 5) is 0. The minimum atomic E-state index is -0.262. The van der Waals surface area contributed by atoms with Crippen molar-refractivity contribution >= 4 is 56.5 Å². The monoisotopic (exact) mass is 518 g/mol. The Labute approximate surface area is 197 Å².